The van der Waals surface area contributed by atoms with Gasteiger partial charge in [0.15, 0.2) is 5.69 Å². The van der Waals surface area contributed by atoms with Crippen molar-refractivity contribution in [3.05, 3.63) is 34.8 Å². The second-order valence-corrected chi connectivity index (χ2v) is 6.78. The maximum Gasteiger partial charge on any atom is 0.281 e. The fraction of sp³-hybridized carbons (Fsp3) is 0.389. The zero-order valence-corrected chi connectivity index (χ0v) is 14.8. The number of hydrogen-bond donors (Lipinski definition) is 2. The molecule has 0 unspecified atom stereocenters. The average molecular weight is 355 g/mol. The van der Waals surface area contributed by atoms with E-state index in [0.29, 0.717) is 22.5 Å². The largest absolute Gasteiger partial charge is 0.506 e. The Labute approximate surface area is 150 Å². The molecule has 1 aliphatic heterocycles. The summed E-state index contributed by atoms with van der Waals surface area (Å²) in [5.74, 6) is 0.403. The van der Waals surface area contributed by atoms with Crippen LogP contribution in [0.5, 0.6) is 5.75 Å². The third-order valence-electron chi connectivity index (χ3n) is 4.89. The first kappa shape index (κ1) is 16.6. The van der Waals surface area contributed by atoms with Crippen LogP contribution in [0, 0.1) is 0 Å². The number of anilines is 1. The fourth-order valence-electron chi connectivity index (χ4n) is 3.44. The van der Waals surface area contributed by atoms with Crippen LogP contribution >= 0.6 is 0 Å². The summed E-state index contributed by atoms with van der Waals surface area (Å²) in [6.45, 7) is 1.98. The van der Waals surface area contributed by atoms with Crippen molar-refractivity contribution in [2.45, 2.75) is 18.9 Å². The van der Waals surface area contributed by atoms with Crippen LogP contribution < -0.4 is 10.9 Å². The van der Waals surface area contributed by atoms with Crippen LogP contribution in [0.2, 0.25) is 0 Å². The van der Waals surface area contributed by atoms with Gasteiger partial charge in [-0.15, -0.1) is 10.2 Å². The molecule has 2 N–H and O–H groups in total. The van der Waals surface area contributed by atoms with Crippen LogP contribution in [0.4, 0.5) is 5.95 Å². The summed E-state index contributed by atoms with van der Waals surface area (Å²) in [5, 5.41) is 22.6. The number of rotatable bonds is 3. The van der Waals surface area contributed by atoms with Gasteiger partial charge in [-0.05, 0) is 44.6 Å². The lowest BCUT2D eigenvalue weighted by Gasteiger charge is -2.30. The second-order valence-electron chi connectivity index (χ2n) is 6.78. The third-order valence-corrected chi connectivity index (χ3v) is 4.89. The van der Waals surface area contributed by atoms with E-state index < -0.39 is 0 Å². The number of aromatic nitrogens is 3. The van der Waals surface area contributed by atoms with Crippen molar-refractivity contribution in [2.24, 2.45) is 7.05 Å². The number of furan rings is 1. The molecule has 0 radical (unpaired) electrons. The molecular formula is C18H21N5O3. The van der Waals surface area contributed by atoms with Crippen LogP contribution in [0.3, 0.4) is 0 Å². The lowest BCUT2D eigenvalue weighted by Crippen LogP contribution is -2.41. The number of likely N-dealkylation sites (N-methyl/N-ethyl adjacent to an activating group) is 1. The first-order chi connectivity index (χ1) is 12.5. The molecule has 1 aromatic carbocycles. The molecule has 26 heavy (non-hydrogen) atoms. The van der Waals surface area contributed by atoms with Crippen molar-refractivity contribution in [3.63, 3.8) is 0 Å². The molecule has 8 nitrogen and oxygen atoms in total. The van der Waals surface area contributed by atoms with Gasteiger partial charge in [-0.1, -0.05) is 0 Å². The molecule has 1 atom stereocenters. The molecule has 1 aliphatic rings. The zero-order chi connectivity index (χ0) is 18.3. The van der Waals surface area contributed by atoms with E-state index in [2.05, 4.69) is 27.5 Å². The molecule has 0 aliphatic carbocycles. The van der Waals surface area contributed by atoms with E-state index in [1.807, 2.05) is 0 Å². The Bertz CT molecular complexity index is 1010. The van der Waals surface area contributed by atoms with E-state index in [4.69, 9.17) is 4.42 Å². The number of piperidine rings is 1. The summed E-state index contributed by atoms with van der Waals surface area (Å²) in [4.78, 5) is 15.0. The predicted octanol–water partition coefficient (Wildman–Crippen LogP) is 1.80. The van der Waals surface area contributed by atoms with E-state index in [0.717, 1.165) is 25.9 Å². The number of fused-ring (bicyclic) bond motifs is 1. The summed E-state index contributed by atoms with van der Waals surface area (Å²) in [7, 11) is 3.74. The Morgan fingerprint density at radius 2 is 2.12 bits per heavy atom. The van der Waals surface area contributed by atoms with Gasteiger partial charge in [-0.25, -0.2) is 0 Å². The SMILES string of the molecule is CN1CCC[C@@H](Nc2nnc(-c3ccc4occc4c3O)c(=O)n2C)C1. The number of hydrogen-bond acceptors (Lipinski definition) is 7. The summed E-state index contributed by atoms with van der Waals surface area (Å²) in [5.41, 5.74) is 0.691. The summed E-state index contributed by atoms with van der Waals surface area (Å²) in [6, 6.07) is 5.21. The standard InChI is InChI=1S/C18H21N5O3/c1-22-8-3-4-11(10-22)19-18-21-20-15(17(25)23(18)2)13-5-6-14-12(16(13)24)7-9-26-14/h5-7,9,11,24H,3-4,8,10H2,1-2H3,(H,19,21)/t11-/m1/s1. The zero-order valence-electron chi connectivity index (χ0n) is 14.8. The van der Waals surface area contributed by atoms with E-state index in [9.17, 15) is 9.90 Å². The molecule has 136 valence electrons. The Morgan fingerprint density at radius 1 is 1.27 bits per heavy atom. The van der Waals surface area contributed by atoms with Crippen LogP contribution in [-0.4, -0.2) is 50.9 Å². The highest BCUT2D eigenvalue weighted by Gasteiger charge is 2.21. The molecule has 4 rings (SSSR count). The second kappa shape index (κ2) is 6.45. The molecule has 1 saturated heterocycles. The van der Waals surface area contributed by atoms with Crippen molar-refractivity contribution in [2.75, 3.05) is 25.5 Å². The molecule has 0 bridgehead atoms. The highest BCUT2D eigenvalue weighted by molar-refractivity contribution is 5.91. The minimum atomic E-state index is -0.315. The van der Waals surface area contributed by atoms with Crippen LogP contribution in [0.15, 0.2) is 33.7 Å². The first-order valence-corrected chi connectivity index (χ1v) is 8.63. The lowest BCUT2D eigenvalue weighted by molar-refractivity contribution is 0.260. The van der Waals surface area contributed by atoms with Crippen molar-refractivity contribution < 1.29 is 9.52 Å². The maximum atomic E-state index is 12.8. The topological polar surface area (TPSA) is 96.4 Å². The van der Waals surface area contributed by atoms with Crippen LogP contribution in [0.25, 0.3) is 22.2 Å². The number of aromatic hydroxyl groups is 1. The van der Waals surface area contributed by atoms with Crippen LogP contribution in [-0.2, 0) is 7.05 Å². The quantitative estimate of drug-likeness (QED) is 0.739. The van der Waals surface area contributed by atoms with Crippen molar-refractivity contribution >= 4 is 16.9 Å². The van der Waals surface area contributed by atoms with Gasteiger partial charge in [0.2, 0.25) is 5.95 Å². The molecule has 1 fully saturated rings. The molecule has 3 heterocycles. The molecule has 3 aromatic rings. The lowest BCUT2D eigenvalue weighted by atomic mass is 10.1. The number of likely N-dealkylation sites (tertiary alicyclic amines) is 1. The average Bonchev–Trinajstić information content (AvgIpc) is 3.10. The van der Waals surface area contributed by atoms with Gasteiger partial charge >= 0.3 is 0 Å². The van der Waals surface area contributed by atoms with E-state index >= 15 is 0 Å². The summed E-state index contributed by atoms with van der Waals surface area (Å²) in [6.07, 6.45) is 3.62. The van der Waals surface area contributed by atoms with E-state index in [1.54, 1.807) is 25.2 Å². The minimum Gasteiger partial charge on any atom is -0.506 e. The van der Waals surface area contributed by atoms with Gasteiger partial charge in [-0.3, -0.25) is 9.36 Å². The van der Waals surface area contributed by atoms with Gasteiger partial charge in [0.1, 0.15) is 11.3 Å². The minimum absolute atomic E-state index is 0.0303. The predicted molar refractivity (Wildman–Crippen MR) is 98.3 cm³/mol. The summed E-state index contributed by atoms with van der Waals surface area (Å²) < 4.78 is 6.70. The van der Waals surface area contributed by atoms with E-state index in [1.165, 1.54) is 10.8 Å². The Balaban J connectivity index is 1.69. The number of nitrogens with zero attached hydrogens (tertiary/aromatic N) is 4. The van der Waals surface area contributed by atoms with Crippen molar-refractivity contribution in [1.82, 2.24) is 19.7 Å². The normalized spacial score (nSPS) is 18.3. The molecule has 0 amide bonds. The van der Waals surface area contributed by atoms with Gasteiger partial charge in [0.25, 0.3) is 5.56 Å². The highest BCUT2D eigenvalue weighted by atomic mass is 16.3. The number of phenols is 1. The maximum absolute atomic E-state index is 12.8. The fourth-order valence-corrected chi connectivity index (χ4v) is 3.44. The molecule has 8 heteroatoms. The first-order valence-electron chi connectivity index (χ1n) is 8.63. The van der Waals surface area contributed by atoms with Gasteiger partial charge in [0.05, 0.1) is 17.2 Å². The summed E-state index contributed by atoms with van der Waals surface area (Å²) >= 11 is 0. The molecule has 2 aromatic heterocycles. The third kappa shape index (κ3) is 2.82. The smallest absolute Gasteiger partial charge is 0.281 e. The number of nitrogens with one attached hydrogen (secondary N) is 1. The Hall–Kier alpha value is -2.87. The van der Waals surface area contributed by atoms with Crippen molar-refractivity contribution in [1.29, 1.82) is 0 Å². The molecular weight excluding hydrogens is 334 g/mol. The number of phenolic OH excluding ortho intramolecular Hbond substituents is 1. The molecule has 0 spiro atoms. The van der Waals surface area contributed by atoms with Gasteiger partial charge in [-0.2, -0.15) is 0 Å². The Morgan fingerprint density at radius 3 is 2.92 bits per heavy atom. The van der Waals surface area contributed by atoms with Crippen molar-refractivity contribution in [3.8, 4) is 17.0 Å². The molecule has 0 saturated carbocycles. The van der Waals surface area contributed by atoms with Crippen LogP contribution in [0.1, 0.15) is 12.8 Å². The van der Waals surface area contributed by atoms with Gasteiger partial charge in [0, 0.05) is 19.6 Å². The Kier molecular flexibility index (Phi) is 4.12. The number of benzene rings is 1. The van der Waals surface area contributed by atoms with E-state index in [-0.39, 0.29) is 23.0 Å². The highest BCUT2D eigenvalue weighted by Crippen LogP contribution is 2.34. The monoisotopic (exact) mass is 355 g/mol. The van der Waals surface area contributed by atoms with Gasteiger partial charge < -0.3 is 19.7 Å².